The van der Waals surface area contributed by atoms with E-state index in [9.17, 15) is 9.18 Å². The maximum Gasteiger partial charge on any atom is 0.272 e. The summed E-state index contributed by atoms with van der Waals surface area (Å²) in [7, 11) is 0. The lowest BCUT2D eigenvalue weighted by molar-refractivity contribution is 0.0940. The molecular formula is C9H10FN3OS. The average molecular weight is 227 g/mol. The summed E-state index contributed by atoms with van der Waals surface area (Å²) in [6.45, 7) is 1.76. The van der Waals surface area contributed by atoms with Crippen LogP contribution in [0.2, 0.25) is 0 Å². The van der Waals surface area contributed by atoms with Crippen LogP contribution >= 0.6 is 12.2 Å². The number of carbonyl (C=O) groups is 1. The summed E-state index contributed by atoms with van der Waals surface area (Å²) in [5.41, 5.74) is 10.2. The van der Waals surface area contributed by atoms with E-state index in [0.717, 1.165) is 5.56 Å². The zero-order valence-electron chi connectivity index (χ0n) is 8.00. The van der Waals surface area contributed by atoms with E-state index in [1.807, 2.05) is 0 Å². The van der Waals surface area contributed by atoms with Crippen molar-refractivity contribution < 1.29 is 9.18 Å². The van der Waals surface area contributed by atoms with E-state index in [-0.39, 0.29) is 10.7 Å². The van der Waals surface area contributed by atoms with E-state index in [1.165, 1.54) is 12.1 Å². The van der Waals surface area contributed by atoms with Crippen molar-refractivity contribution >= 4 is 23.2 Å². The molecule has 80 valence electrons. The van der Waals surface area contributed by atoms with Crippen molar-refractivity contribution in [3.8, 4) is 0 Å². The number of hydrogen-bond acceptors (Lipinski definition) is 2. The first kappa shape index (κ1) is 11.4. The first-order valence-corrected chi connectivity index (χ1v) is 4.53. The third kappa shape index (κ3) is 3.17. The fraction of sp³-hybridized carbons (Fsp3) is 0.111. The van der Waals surface area contributed by atoms with E-state index in [0.29, 0.717) is 0 Å². The molecule has 15 heavy (non-hydrogen) atoms. The second-order valence-corrected chi connectivity index (χ2v) is 3.37. The second kappa shape index (κ2) is 4.70. The molecule has 0 spiro atoms. The summed E-state index contributed by atoms with van der Waals surface area (Å²) in [6, 6.07) is 4.24. The topological polar surface area (TPSA) is 67.2 Å². The number of nitrogens with one attached hydrogen (secondary N) is 2. The number of hydrogen-bond donors (Lipinski definition) is 3. The summed E-state index contributed by atoms with van der Waals surface area (Å²) in [5, 5.41) is -0.0867. The maximum atomic E-state index is 13.2. The van der Waals surface area contributed by atoms with Crippen LogP contribution in [0.4, 0.5) is 4.39 Å². The van der Waals surface area contributed by atoms with E-state index in [2.05, 4.69) is 23.1 Å². The van der Waals surface area contributed by atoms with Gasteiger partial charge >= 0.3 is 0 Å². The largest absolute Gasteiger partial charge is 0.375 e. The molecule has 0 saturated carbocycles. The monoisotopic (exact) mass is 227 g/mol. The fourth-order valence-electron chi connectivity index (χ4n) is 0.999. The summed E-state index contributed by atoms with van der Waals surface area (Å²) in [5.74, 6) is -1.22. The van der Waals surface area contributed by atoms with Crippen LogP contribution in [0.25, 0.3) is 0 Å². The average Bonchev–Trinajstić information content (AvgIpc) is 2.18. The SMILES string of the molecule is Cc1ccc(F)c(C(=O)NNC(N)=S)c1. The zero-order valence-corrected chi connectivity index (χ0v) is 8.82. The number of carbonyl (C=O) groups excluding carboxylic acids is 1. The fourth-order valence-corrected chi connectivity index (χ4v) is 1.05. The Morgan fingerprint density at radius 1 is 1.47 bits per heavy atom. The molecule has 0 aromatic heterocycles. The van der Waals surface area contributed by atoms with Gasteiger partial charge in [-0.15, -0.1) is 0 Å². The Balaban J connectivity index is 2.81. The van der Waals surface area contributed by atoms with Crippen LogP contribution in [0.1, 0.15) is 15.9 Å². The molecule has 0 aliphatic rings. The van der Waals surface area contributed by atoms with Crippen molar-refractivity contribution in [3.05, 3.63) is 35.1 Å². The van der Waals surface area contributed by atoms with Gasteiger partial charge in [-0.2, -0.15) is 0 Å². The Kier molecular flexibility index (Phi) is 3.56. The van der Waals surface area contributed by atoms with E-state index in [4.69, 9.17) is 5.73 Å². The summed E-state index contributed by atoms with van der Waals surface area (Å²) in [4.78, 5) is 11.4. The molecule has 0 bridgehead atoms. The number of thiocarbonyl (C=S) groups is 1. The van der Waals surface area contributed by atoms with Crippen LogP contribution in [0.3, 0.4) is 0 Å². The number of nitrogens with two attached hydrogens (primary N) is 1. The Morgan fingerprint density at radius 3 is 2.73 bits per heavy atom. The molecule has 4 nitrogen and oxygen atoms in total. The predicted molar refractivity (Wildman–Crippen MR) is 58.5 cm³/mol. The van der Waals surface area contributed by atoms with Gasteiger partial charge in [-0.3, -0.25) is 15.6 Å². The summed E-state index contributed by atoms with van der Waals surface area (Å²) < 4.78 is 13.2. The van der Waals surface area contributed by atoms with Crippen molar-refractivity contribution in [1.29, 1.82) is 0 Å². The lowest BCUT2D eigenvalue weighted by Crippen LogP contribution is -2.44. The molecule has 0 fully saturated rings. The predicted octanol–water partition coefficient (Wildman–Crippen LogP) is 0.612. The quantitative estimate of drug-likeness (QED) is 0.486. The number of aryl methyl sites for hydroxylation is 1. The highest BCUT2D eigenvalue weighted by Crippen LogP contribution is 2.09. The van der Waals surface area contributed by atoms with Crippen LogP contribution < -0.4 is 16.6 Å². The Morgan fingerprint density at radius 2 is 2.13 bits per heavy atom. The maximum absolute atomic E-state index is 13.2. The van der Waals surface area contributed by atoms with Gasteiger partial charge in [0.1, 0.15) is 5.82 Å². The highest BCUT2D eigenvalue weighted by atomic mass is 32.1. The molecule has 0 aliphatic carbocycles. The molecule has 6 heteroatoms. The number of amides is 1. The molecule has 0 heterocycles. The minimum absolute atomic E-state index is 0.0567. The van der Waals surface area contributed by atoms with Crippen molar-refractivity contribution in [2.45, 2.75) is 6.92 Å². The van der Waals surface area contributed by atoms with Gasteiger partial charge < -0.3 is 5.73 Å². The molecule has 4 N–H and O–H groups in total. The van der Waals surface area contributed by atoms with Crippen molar-refractivity contribution in [2.75, 3.05) is 0 Å². The number of benzene rings is 1. The molecule has 0 atom stereocenters. The first-order valence-electron chi connectivity index (χ1n) is 4.12. The van der Waals surface area contributed by atoms with Crippen LogP contribution in [0.5, 0.6) is 0 Å². The van der Waals surface area contributed by atoms with E-state index >= 15 is 0 Å². The molecular weight excluding hydrogens is 217 g/mol. The zero-order chi connectivity index (χ0) is 11.4. The molecule has 1 amide bonds. The molecule has 0 aliphatic heterocycles. The van der Waals surface area contributed by atoms with Crippen LogP contribution in [-0.2, 0) is 0 Å². The van der Waals surface area contributed by atoms with Crippen LogP contribution in [-0.4, -0.2) is 11.0 Å². The lowest BCUT2D eigenvalue weighted by Gasteiger charge is -2.07. The first-order chi connectivity index (χ1) is 7.00. The smallest absolute Gasteiger partial charge is 0.272 e. The molecule has 1 aromatic carbocycles. The van der Waals surface area contributed by atoms with Gasteiger partial charge in [0, 0.05) is 0 Å². The molecule has 0 radical (unpaired) electrons. The Hall–Kier alpha value is -1.69. The van der Waals surface area contributed by atoms with Crippen LogP contribution in [0.15, 0.2) is 18.2 Å². The summed E-state index contributed by atoms with van der Waals surface area (Å²) >= 11 is 4.48. The van der Waals surface area contributed by atoms with Gasteiger partial charge in [0.25, 0.3) is 5.91 Å². The highest BCUT2D eigenvalue weighted by molar-refractivity contribution is 7.80. The third-order valence-electron chi connectivity index (χ3n) is 1.67. The second-order valence-electron chi connectivity index (χ2n) is 2.93. The van der Waals surface area contributed by atoms with Gasteiger partial charge in [0.05, 0.1) is 5.56 Å². The van der Waals surface area contributed by atoms with Gasteiger partial charge in [-0.05, 0) is 31.3 Å². The van der Waals surface area contributed by atoms with Crippen molar-refractivity contribution in [2.24, 2.45) is 5.73 Å². The van der Waals surface area contributed by atoms with Gasteiger partial charge in [-0.1, -0.05) is 11.6 Å². The minimum Gasteiger partial charge on any atom is -0.375 e. The van der Waals surface area contributed by atoms with Gasteiger partial charge in [-0.25, -0.2) is 4.39 Å². The summed E-state index contributed by atoms with van der Waals surface area (Å²) in [6.07, 6.45) is 0. The Labute approximate surface area is 91.6 Å². The minimum atomic E-state index is -0.621. The number of hydrazine groups is 1. The van der Waals surface area contributed by atoms with Gasteiger partial charge in [0.2, 0.25) is 0 Å². The van der Waals surface area contributed by atoms with E-state index in [1.54, 1.807) is 13.0 Å². The van der Waals surface area contributed by atoms with Crippen LogP contribution in [0, 0.1) is 12.7 Å². The normalized spacial score (nSPS) is 9.47. The molecule has 0 unspecified atom stereocenters. The molecule has 0 saturated heterocycles. The molecule has 1 rings (SSSR count). The molecule has 1 aromatic rings. The third-order valence-corrected chi connectivity index (χ3v) is 1.77. The van der Waals surface area contributed by atoms with Gasteiger partial charge in [0.15, 0.2) is 5.11 Å². The van der Waals surface area contributed by atoms with E-state index < -0.39 is 11.7 Å². The Bertz CT molecular complexity index is 408. The van der Waals surface area contributed by atoms with Crippen molar-refractivity contribution in [1.82, 2.24) is 10.9 Å². The van der Waals surface area contributed by atoms with Crippen molar-refractivity contribution in [3.63, 3.8) is 0 Å². The highest BCUT2D eigenvalue weighted by Gasteiger charge is 2.11. The lowest BCUT2D eigenvalue weighted by atomic mass is 10.1. The standard InChI is InChI=1S/C9H10FN3OS/c1-5-2-3-7(10)6(4-5)8(14)12-13-9(11)15/h2-4H,1H3,(H,12,14)(H3,11,13,15). The number of halogens is 1. The number of rotatable bonds is 1.